The Bertz CT molecular complexity index is 1090. The number of rotatable bonds is 7. The summed E-state index contributed by atoms with van der Waals surface area (Å²) in [6, 6.07) is 6.63. The Morgan fingerprint density at radius 1 is 1.08 bits per heavy atom. The SMILES string of the molecule is CCc1nn(CCCOC(=O)c2cccc(C(=O)N3CCOCC3)c2)c2c1C(=O)NCCCOCCC2. The minimum atomic E-state index is -0.470. The lowest BCUT2D eigenvalue weighted by Crippen LogP contribution is -2.40. The molecule has 2 amide bonds. The van der Waals surface area contributed by atoms with Gasteiger partial charge in [0.2, 0.25) is 0 Å². The molecule has 10 heteroatoms. The second-order valence-corrected chi connectivity index (χ2v) is 9.15. The van der Waals surface area contributed by atoms with Gasteiger partial charge in [-0.2, -0.15) is 5.10 Å². The van der Waals surface area contributed by atoms with Crippen molar-refractivity contribution in [2.75, 3.05) is 52.7 Å². The van der Waals surface area contributed by atoms with Gasteiger partial charge in [-0.15, -0.1) is 0 Å². The standard InChI is InChI=1S/C27H36N4O6/c1-2-22-24-23(9-4-14-35-15-5-10-28-25(24)32)31(29-22)11-6-16-37-27(34)21-8-3-7-20(19-21)26(33)30-12-17-36-18-13-30/h3,7-8,19H,2,4-6,9-18H2,1H3,(H,28,32). The van der Waals surface area contributed by atoms with Gasteiger partial charge in [-0.25, -0.2) is 4.79 Å². The Hall–Kier alpha value is -3.24. The third-order valence-corrected chi connectivity index (χ3v) is 6.54. The molecule has 10 nitrogen and oxygen atoms in total. The van der Waals surface area contributed by atoms with E-state index < -0.39 is 5.97 Å². The maximum Gasteiger partial charge on any atom is 0.338 e. The summed E-state index contributed by atoms with van der Waals surface area (Å²) >= 11 is 0. The van der Waals surface area contributed by atoms with Crippen molar-refractivity contribution in [3.8, 4) is 0 Å². The predicted octanol–water partition coefficient (Wildman–Crippen LogP) is 2.25. The Kier molecular flexibility index (Phi) is 9.67. The molecule has 0 unspecified atom stereocenters. The van der Waals surface area contributed by atoms with Gasteiger partial charge in [0.15, 0.2) is 0 Å². The first kappa shape index (κ1) is 26.8. The van der Waals surface area contributed by atoms with Crippen LogP contribution in [0.25, 0.3) is 0 Å². The van der Waals surface area contributed by atoms with Crippen LogP contribution in [0, 0.1) is 0 Å². The van der Waals surface area contributed by atoms with Crippen molar-refractivity contribution in [2.45, 2.75) is 45.6 Å². The second-order valence-electron chi connectivity index (χ2n) is 9.15. The maximum absolute atomic E-state index is 12.9. The first-order valence-electron chi connectivity index (χ1n) is 13.2. The molecule has 1 N–H and O–H groups in total. The molecule has 0 saturated carbocycles. The highest BCUT2D eigenvalue weighted by atomic mass is 16.5. The number of nitrogens with zero attached hydrogens (tertiary/aromatic N) is 3. The van der Waals surface area contributed by atoms with E-state index in [4.69, 9.17) is 19.3 Å². The molecular weight excluding hydrogens is 476 g/mol. The zero-order valence-electron chi connectivity index (χ0n) is 21.5. The number of carbonyl (C=O) groups is 3. The normalized spacial score (nSPS) is 16.9. The molecule has 2 aliphatic heterocycles. The van der Waals surface area contributed by atoms with Crippen molar-refractivity contribution in [1.29, 1.82) is 0 Å². The number of hydrogen-bond acceptors (Lipinski definition) is 7. The molecule has 1 saturated heterocycles. The number of morpholine rings is 1. The zero-order valence-corrected chi connectivity index (χ0v) is 21.5. The van der Waals surface area contributed by atoms with Crippen LogP contribution in [0.2, 0.25) is 0 Å². The van der Waals surface area contributed by atoms with Crippen molar-refractivity contribution < 1.29 is 28.6 Å². The third-order valence-electron chi connectivity index (χ3n) is 6.54. The van der Waals surface area contributed by atoms with Gasteiger partial charge in [-0.05, 0) is 43.9 Å². The minimum Gasteiger partial charge on any atom is -0.462 e. The largest absolute Gasteiger partial charge is 0.462 e. The highest BCUT2D eigenvalue weighted by Crippen LogP contribution is 2.19. The van der Waals surface area contributed by atoms with Crippen molar-refractivity contribution in [3.05, 3.63) is 52.3 Å². The number of aryl methyl sites for hydroxylation is 2. The molecule has 0 atom stereocenters. The van der Waals surface area contributed by atoms with Gasteiger partial charge in [0.25, 0.3) is 11.8 Å². The predicted molar refractivity (Wildman–Crippen MR) is 136 cm³/mol. The van der Waals surface area contributed by atoms with Crippen LogP contribution >= 0.6 is 0 Å². The molecule has 0 bridgehead atoms. The molecule has 0 radical (unpaired) electrons. The smallest absolute Gasteiger partial charge is 0.338 e. The van der Waals surface area contributed by atoms with E-state index >= 15 is 0 Å². The first-order chi connectivity index (χ1) is 18.1. The maximum atomic E-state index is 12.9. The van der Waals surface area contributed by atoms with Crippen LogP contribution in [0.1, 0.15) is 68.6 Å². The molecule has 1 aromatic carbocycles. The molecule has 3 heterocycles. The van der Waals surface area contributed by atoms with Crippen molar-refractivity contribution in [3.63, 3.8) is 0 Å². The van der Waals surface area contributed by atoms with Gasteiger partial charge in [-0.1, -0.05) is 13.0 Å². The number of nitrogens with one attached hydrogen (secondary N) is 1. The van der Waals surface area contributed by atoms with Crippen molar-refractivity contribution in [2.24, 2.45) is 0 Å². The lowest BCUT2D eigenvalue weighted by molar-refractivity contribution is 0.0303. The van der Waals surface area contributed by atoms with Crippen LogP contribution in [0.15, 0.2) is 24.3 Å². The summed E-state index contributed by atoms with van der Waals surface area (Å²) in [6.45, 7) is 6.69. The highest BCUT2D eigenvalue weighted by molar-refractivity contribution is 5.98. The van der Waals surface area contributed by atoms with E-state index in [1.54, 1.807) is 29.2 Å². The number of amides is 2. The number of hydrogen-bond donors (Lipinski definition) is 1. The van der Waals surface area contributed by atoms with Crippen molar-refractivity contribution >= 4 is 17.8 Å². The van der Waals surface area contributed by atoms with Crippen molar-refractivity contribution in [1.82, 2.24) is 20.0 Å². The average molecular weight is 513 g/mol. The first-order valence-corrected chi connectivity index (χ1v) is 13.2. The van der Waals surface area contributed by atoms with E-state index in [-0.39, 0.29) is 18.4 Å². The van der Waals surface area contributed by atoms with Gasteiger partial charge < -0.3 is 24.4 Å². The van der Waals surface area contributed by atoms with E-state index in [1.807, 2.05) is 11.6 Å². The minimum absolute atomic E-state index is 0.0852. The molecule has 0 aliphatic carbocycles. The van der Waals surface area contributed by atoms with Crippen LogP contribution < -0.4 is 5.32 Å². The van der Waals surface area contributed by atoms with Crippen LogP contribution in [0.3, 0.4) is 0 Å². The molecule has 1 aromatic heterocycles. The van der Waals surface area contributed by atoms with Crippen LogP contribution in [-0.4, -0.2) is 85.1 Å². The number of fused-ring (bicyclic) bond motifs is 1. The van der Waals surface area contributed by atoms with Gasteiger partial charge in [0.05, 0.1) is 42.3 Å². The molecule has 0 spiro atoms. The number of aromatic nitrogens is 2. The van der Waals surface area contributed by atoms with E-state index in [1.165, 1.54) is 0 Å². The van der Waals surface area contributed by atoms with E-state index in [0.29, 0.717) is 88.6 Å². The quantitative estimate of drug-likeness (QED) is 0.447. The Morgan fingerprint density at radius 2 is 1.84 bits per heavy atom. The zero-order chi connectivity index (χ0) is 26.0. The molecule has 4 rings (SSSR count). The summed E-state index contributed by atoms with van der Waals surface area (Å²) in [4.78, 5) is 40.0. The molecular formula is C27H36N4O6. The fraction of sp³-hybridized carbons (Fsp3) is 0.556. The number of ether oxygens (including phenoxy) is 3. The lowest BCUT2D eigenvalue weighted by Gasteiger charge is -2.26. The topological polar surface area (TPSA) is 112 Å². The van der Waals surface area contributed by atoms with E-state index in [9.17, 15) is 14.4 Å². The Labute approximate surface area is 217 Å². The van der Waals surface area contributed by atoms with E-state index in [2.05, 4.69) is 5.32 Å². The summed E-state index contributed by atoms with van der Waals surface area (Å²) < 4.78 is 18.3. The van der Waals surface area contributed by atoms with Gasteiger partial charge >= 0.3 is 5.97 Å². The average Bonchev–Trinajstić information content (AvgIpc) is 3.27. The van der Waals surface area contributed by atoms with Gasteiger partial charge in [-0.3, -0.25) is 14.3 Å². The molecule has 200 valence electrons. The molecule has 2 aliphatic rings. The summed E-state index contributed by atoms with van der Waals surface area (Å²) in [5, 5.41) is 7.69. The Morgan fingerprint density at radius 3 is 2.65 bits per heavy atom. The highest BCUT2D eigenvalue weighted by Gasteiger charge is 2.23. The molecule has 2 aromatic rings. The summed E-state index contributed by atoms with van der Waals surface area (Å²) in [5.41, 5.74) is 3.16. The van der Waals surface area contributed by atoms with E-state index in [0.717, 1.165) is 24.2 Å². The number of esters is 1. The summed E-state index contributed by atoms with van der Waals surface area (Å²) in [7, 11) is 0. The number of benzene rings is 1. The third kappa shape index (κ3) is 6.95. The number of carbonyl (C=O) groups excluding carboxylic acids is 3. The van der Waals surface area contributed by atoms with Crippen LogP contribution in [-0.2, 0) is 33.6 Å². The van der Waals surface area contributed by atoms with Crippen LogP contribution in [0.5, 0.6) is 0 Å². The second kappa shape index (κ2) is 13.3. The van der Waals surface area contributed by atoms with Gasteiger partial charge in [0.1, 0.15) is 0 Å². The van der Waals surface area contributed by atoms with Crippen LogP contribution in [0.4, 0.5) is 0 Å². The monoisotopic (exact) mass is 512 g/mol. The lowest BCUT2D eigenvalue weighted by atomic mass is 10.1. The fourth-order valence-electron chi connectivity index (χ4n) is 4.60. The fourth-order valence-corrected chi connectivity index (χ4v) is 4.60. The molecule has 1 fully saturated rings. The summed E-state index contributed by atoms with van der Waals surface area (Å²) in [6.07, 6.45) is 3.50. The summed E-state index contributed by atoms with van der Waals surface area (Å²) in [5.74, 6) is -0.670. The molecule has 37 heavy (non-hydrogen) atoms. The van der Waals surface area contributed by atoms with Gasteiger partial charge in [0, 0.05) is 51.4 Å². The Balaban J connectivity index is 1.35.